The second kappa shape index (κ2) is 4.64. The normalized spacial score (nSPS) is 18.3. The average molecular weight is 174 g/mol. The topological polar surface area (TPSA) is 35.8 Å². The first-order valence-corrected chi connectivity index (χ1v) is 4.42. The smallest absolute Gasteiger partial charge is 0.0985 e. The fourth-order valence-electron chi connectivity index (χ4n) is 1.25. The van der Waals surface area contributed by atoms with Gasteiger partial charge in [-0.2, -0.15) is 5.26 Å². The van der Waals surface area contributed by atoms with Gasteiger partial charge in [0.1, 0.15) is 0 Å². The van der Waals surface area contributed by atoms with Crippen LogP contribution in [0.1, 0.15) is 6.92 Å². The minimum Gasteiger partial charge on any atom is -0.315 e. The Morgan fingerprint density at radius 2 is 2.31 bits per heavy atom. The first-order chi connectivity index (χ1) is 6.27. The lowest BCUT2D eigenvalue weighted by Crippen LogP contribution is -2.42. The van der Waals surface area contributed by atoms with Crippen LogP contribution in [0, 0.1) is 17.2 Å². The van der Waals surface area contributed by atoms with Crippen molar-refractivity contribution in [2.24, 2.45) is 5.92 Å². The van der Waals surface area contributed by atoms with Crippen molar-refractivity contribution in [1.29, 1.82) is 5.26 Å². The van der Waals surface area contributed by atoms with E-state index < -0.39 is 0 Å². The molecule has 0 aromatic heterocycles. The molecule has 0 aromatic rings. The van der Waals surface area contributed by atoms with E-state index in [1.807, 2.05) is 31.2 Å². The van der Waals surface area contributed by atoms with Crippen molar-refractivity contribution in [3.05, 3.63) is 36.0 Å². The molecule has 1 rings (SSSR count). The maximum absolute atomic E-state index is 8.59. The van der Waals surface area contributed by atoms with Crippen LogP contribution in [0.5, 0.6) is 0 Å². The highest BCUT2D eigenvalue weighted by Gasteiger charge is 2.19. The van der Waals surface area contributed by atoms with Crippen LogP contribution in [0.3, 0.4) is 0 Å². The zero-order chi connectivity index (χ0) is 9.68. The zero-order valence-corrected chi connectivity index (χ0v) is 7.88. The van der Waals surface area contributed by atoms with Crippen LogP contribution in [0.15, 0.2) is 36.0 Å². The summed E-state index contributed by atoms with van der Waals surface area (Å²) < 4.78 is 0. The fourth-order valence-corrected chi connectivity index (χ4v) is 1.25. The SMILES string of the molecule is C=C(C#N)/C=C(\C=C/C)C1CNC1. The standard InChI is InChI=1S/C11H14N2/c1-3-4-10(5-9(2)6-12)11-7-13-8-11/h3-5,11,13H,2,7-8H2,1H3/b4-3-,10-5+. The van der Waals surface area contributed by atoms with E-state index in [1.54, 1.807) is 0 Å². The van der Waals surface area contributed by atoms with Gasteiger partial charge in [-0.25, -0.2) is 0 Å². The molecule has 1 heterocycles. The predicted octanol–water partition coefficient (Wildman–Crippen LogP) is 1.79. The van der Waals surface area contributed by atoms with E-state index in [4.69, 9.17) is 5.26 Å². The molecule has 1 fully saturated rings. The molecule has 0 unspecified atom stereocenters. The summed E-state index contributed by atoms with van der Waals surface area (Å²) in [5.74, 6) is 0.557. The summed E-state index contributed by atoms with van der Waals surface area (Å²) in [5, 5.41) is 11.8. The number of nitrogens with one attached hydrogen (secondary N) is 1. The van der Waals surface area contributed by atoms with Crippen molar-refractivity contribution in [3.63, 3.8) is 0 Å². The Balaban J connectivity index is 2.72. The number of nitrogens with zero attached hydrogens (tertiary/aromatic N) is 1. The minimum absolute atomic E-state index is 0.528. The molecule has 0 bridgehead atoms. The lowest BCUT2D eigenvalue weighted by molar-refractivity contribution is 0.405. The molecule has 1 aliphatic rings. The van der Waals surface area contributed by atoms with E-state index in [2.05, 4.69) is 11.9 Å². The molecule has 0 radical (unpaired) electrons. The van der Waals surface area contributed by atoms with E-state index in [0.29, 0.717) is 11.5 Å². The molecule has 2 heteroatoms. The highest BCUT2D eigenvalue weighted by molar-refractivity contribution is 5.38. The van der Waals surface area contributed by atoms with Gasteiger partial charge in [0.25, 0.3) is 0 Å². The first kappa shape index (κ1) is 9.76. The summed E-state index contributed by atoms with van der Waals surface area (Å²) in [6, 6.07) is 2.03. The van der Waals surface area contributed by atoms with Gasteiger partial charge in [0.2, 0.25) is 0 Å². The van der Waals surface area contributed by atoms with Crippen molar-refractivity contribution in [2.45, 2.75) is 6.92 Å². The number of hydrogen-bond acceptors (Lipinski definition) is 2. The minimum atomic E-state index is 0.528. The third kappa shape index (κ3) is 2.57. The van der Waals surface area contributed by atoms with Gasteiger partial charge in [0.15, 0.2) is 0 Å². The summed E-state index contributed by atoms with van der Waals surface area (Å²) in [5.41, 5.74) is 1.73. The van der Waals surface area contributed by atoms with E-state index in [9.17, 15) is 0 Å². The predicted molar refractivity (Wildman–Crippen MR) is 54.0 cm³/mol. The van der Waals surface area contributed by atoms with Crippen molar-refractivity contribution < 1.29 is 0 Å². The number of hydrogen-bond donors (Lipinski definition) is 1. The molecule has 13 heavy (non-hydrogen) atoms. The molecule has 2 nitrogen and oxygen atoms in total. The molecule has 0 saturated carbocycles. The van der Waals surface area contributed by atoms with E-state index >= 15 is 0 Å². The van der Waals surface area contributed by atoms with Gasteiger partial charge in [0.05, 0.1) is 6.07 Å². The summed E-state index contributed by atoms with van der Waals surface area (Å²) >= 11 is 0. The van der Waals surface area contributed by atoms with Gasteiger partial charge in [0, 0.05) is 24.6 Å². The van der Waals surface area contributed by atoms with Gasteiger partial charge in [-0.3, -0.25) is 0 Å². The number of rotatable bonds is 3. The second-order valence-corrected chi connectivity index (χ2v) is 3.14. The highest BCUT2D eigenvalue weighted by atomic mass is 14.9. The van der Waals surface area contributed by atoms with Gasteiger partial charge < -0.3 is 5.32 Å². The Morgan fingerprint density at radius 1 is 1.62 bits per heavy atom. The average Bonchev–Trinajstić information content (AvgIpc) is 2.01. The van der Waals surface area contributed by atoms with Gasteiger partial charge in [-0.15, -0.1) is 0 Å². The Kier molecular flexibility index (Phi) is 3.48. The lowest BCUT2D eigenvalue weighted by atomic mass is 9.92. The number of allylic oxidation sites excluding steroid dienone is 4. The summed E-state index contributed by atoms with van der Waals surface area (Å²) in [6.07, 6.45) is 5.91. The molecule has 0 amide bonds. The molecule has 0 aliphatic carbocycles. The van der Waals surface area contributed by atoms with Gasteiger partial charge in [-0.05, 0) is 18.6 Å². The molecule has 1 aliphatic heterocycles. The van der Waals surface area contributed by atoms with Crippen LogP contribution in [0.25, 0.3) is 0 Å². The molecular weight excluding hydrogens is 160 g/mol. The van der Waals surface area contributed by atoms with Crippen LogP contribution in [0.4, 0.5) is 0 Å². The van der Waals surface area contributed by atoms with Crippen LogP contribution in [-0.2, 0) is 0 Å². The van der Waals surface area contributed by atoms with E-state index in [0.717, 1.165) is 13.1 Å². The van der Waals surface area contributed by atoms with Crippen molar-refractivity contribution in [3.8, 4) is 6.07 Å². The molecule has 1 saturated heterocycles. The third-order valence-corrected chi connectivity index (χ3v) is 2.10. The van der Waals surface area contributed by atoms with Crippen molar-refractivity contribution >= 4 is 0 Å². The van der Waals surface area contributed by atoms with Crippen molar-refractivity contribution in [2.75, 3.05) is 13.1 Å². The molecular formula is C11H14N2. The largest absolute Gasteiger partial charge is 0.315 e. The molecule has 0 aromatic carbocycles. The highest BCUT2D eigenvalue weighted by Crippen LogP contribution is 2.18. The Bertz CT molecular complexity index is 288. The number of nitriles is 1. The Labute approximate surface area is 79.3 Å². The third-order valence-electron chi connectivity index (χ3n) is 2.10. The van der Waals surface area contributed by atoms with E-state index in [-0.39, 0.29) is 0 Å². The quantitative estimate of drug-likeness (QED) is 0.523. The van der Waals surface area contributed by atoms with Crippen LogP contribution < -0.4 is 5.32 Å². The summed E-state index contributed by atoms with van der Waals surface area (Å²) in [6.45, 7) is 7.64. The Morgan fingerprint density at radius 3 is 2.69 bits per heavy atom. The molecule has 68 valence electrons. The molecule has 0 spiro atoms. The zero-order valence-electron chi connectivity index (χ0n) is 7.88. The maximum Gasteiger partial charge on any atom is 0.0985 e. The first-order valence-electron chi connectivity index (χ1n) is 4.42. The second-order valence-electron chi connectivity index (χ2n) is 3.14. The summed E-state index contributed by atoms with van der Waals surface area (Å²) in [4.78, 5) is 0. The Hall–Kier alpha value is -1.33. The maximum atomic E-state index is 8.59. The van der Waals surface area contributed by atoms with Gasteiger partial charge in [-0.1, -0.05) is 18.7 Å². The van der Waals surface area contributed by atoms with Crippen LogP contribution >= 0.6 is 0 Å². The fraction of sp³-hybridized carbons (Fsp3) is 0.364. The summed E-state index contributed by atoms with van der Waals surface area (Å²) in [7, 11) is 0. The van der Waals surface area contributed by atoms with E-state index in [1.165, 1.54) is 5.57 Å². The van der Waals surface area contributed by atoms with Crippen LogP contribution in [0.2, 0.25) is 0 Å². The lowest BCUT2D eigenvalue weighted by Gasteiger charge is -2.28. The monoisotopic (exact) mass is 174 g/mol. The van der Waals surface area contributed by atoms with Crippen molar-refractivity contribution in [1.82, 2.24) is 5.32 Å². The molecule has 0 atom stereocenters. The van der Waals surface area contributed by atoms with Gasteiger partial charge >= 0.3 is 0 Å². The molecule has 1 N–H and O–H groups in total. The van der Waals surface area contributed by atoms with Crippen LogP contribution in [-0.4, -0.2) is 13.1 Å².